The Kier molecular flexibility index (Phi) is 4.53. The lowest BCUT2D eigenvalue weighted by Gasteiger charge is -2.31. The molecule has 0 radical (unpaired) electrons. The van der Waals surface area contributed by atoms with E-state index >= 15 is 0 Å². The first kappa shape index (κ1) is 15.5. The van der Waals surface area contributed by atoms with E-state index in [1.54, 1.807) is 21.0 Å². The first-order chi connectivity index (χ1) is 9.41. The molecule has 1 aliphatic heterocycles. The molecule has 0 saturated carbocycles. The van der Waals surface area contributed by atoms with Crippen molar-refractivity contribution in [1.82, 2.24) is 4.31 Å². The monoisotopic (exact) mass is 303 g/mol. The third kappa shape index (κ3) is 2.63. The first-order valence-corrected chi connectivity index (χ1v) is 8.08. The van der Waals surface area contributed by atoms with Crippen molar-refractivity contribution in [2.75, 3.05) is 20.2 Å². The number of methoxy groups -OCH3 is 1. The van der Waals surface area contributed by atoms with Crippen LogP contribution in [0.15, 0.2) is 9.31 Å². The second kappa shape index (κ2) is 5.85. The van der Waals surface area contributed by atoms with E-state index in [0.717, 1.165) is 12.8 Å². The van der Waals surface area contributed by atoms with Gasteiger partial charge in [0, 0.05) is 25.8 Å². The lowest BCUT2D eigenvalue weighted by molar-refractivity contribution is 0.0571. The van der Waals surface area contributed by atoms with Crippen LogP contribution < -0.4 is 0 Å². The maximum atomic E-state index is 12.8. The maximum Gasteiger partial charge on any atom is 0.247 e. The van der Waals surface area contributed by atoms with Crippen LogP contribution in [0.4, 0.5) is 0 Å². The smallest absolute Gasteiger partial charge is 0.247 e. The molecule has 6 nitrogen and oxygen atoms in total. The number of aliphatic hydroxyl groups excluding tert-OH is 1. The van der Waals surface area contributed by atoms with E-state index in [4.69, 9.17) is 9.15 Å². The van der Waals surface area contributed by atoms with E-state index in [-0.39, 0.29) is 17.6 Å². The summed E-state index contributed by atoms with van der Waals surface area (Å²) in [6.07, 6.45) is 1.55. The number of furan rings is 1. The van der Waals surface area contributed by atoms with E-state index in [1.165, 1.54) is 4.31 Å². The summed E-state index contributed by atoms with van der Waals surface area (Å²) in [5.41, 5.74) is 0.349. The molecule has 20 heavy (non-hydrogen) atoms. The fourth-order valence-electron chi connectivity index (χ4n) is 2.68. The fraction of sp³-hybridized carbons (Fsp3) is 0.692. The molecule has 1 unspecified atom stereocenters. The molecule has 1 fully saturated rings. The number of piperidine rings is 1. The van der Waals surface area contributed by atoms with Crippen LogP contribution >= 0.6 is 0 Å². The topological polar surface area (TPSA) is 80.0 Å². The molecule has 0 aromatic carbocycles. The number of rotatable bonds is 4. The van der Waals surface area contributed by atoms with Crippen LogP contribution in [0.3, 0.4) is 0 Å². The summed E-state index contributed by atoms with van der Waals surface area (Å²) < 4.78 is 37.6. The number of aliphatic hydroxyl groups is 1. The zero-order valence-electron chi connectivity index (χ0n) is 12.0. The summed E-state index contributed by atoms with van der Waals surface area (Å²) in [5.74, 6) is 0.773. The van der Waals surface area contributed by atoms with Gasteiger partial charge in [-0.2, -0.15) is 4.31 Å². The molecule has 0 amide bonds. The maximum absolute atomic E-state index is 12.8. The largest absolute Gasteiger partial charge is 0.465 e. The molecule has 1 saturated heterocycles. The summed E-state index contributed by atoms with van der Waals surface area (Å²) in [5, 5.41) is 9.40. The predicted molar refractivity (Wildman–Crippen MR) is 72.9 cm³/mol. The number of sulfonamides is 1. The molecule has 7 heteroatoms. The summed E-state index contributed by atoms with van der Waals surface area (Å²) in [7, 11) is -2.07. The molecule has 1 aromatic rings. The molecule has 0 spiro atoms. The molecule has 1 N–H and O–H groups in total. The van der Waals surface area contributed by atoms with Crippen LogP contribution in [-0.4, -0.2) is 44.1 Å². The highest BCUT2D eigenvalue weighted by Gasteiger charge is 2.35. The van der Waals surface area contributed by atoms with Gasteiger partial charge < -0.3 is 14.3 Å². The molecule has 1 atom stereocenters. The lowest BCUT2D eigenvalue weighted by Crippen LogP contribution is -2.43. The Morgan fingerprint density at radius 2 is 2.10 bits per heavy atom. The van der Waals surface area contributed by atoms with E-state index in [1.807, 2.05) is 0 Å². The average molecular weight is 303 g/mol. The van der Waals surface area contributed by atoms with E-state index in [9.17, 15) is 13.5 Å². The van der Waals surface area contributed by atoms with E-state index in [2.05, 4.69) is 0 Å². The Labute approximate surface area is 119 Å². The van der Waals surface area contributed by atoms with Gasteiger partial charge in [-0.05, 0) is 26.7 Å². The highest BCUT2D eigenvalue weighted by atomic mass is 32.2. The van der Waals surface area contributed by atoms with Gasteiger partial charge in [0.2, 0.25) is 10.0 Å². The van der Waals surface area contributed by atoms with Crippen molar-refractivity contribution in [1.29, 1.82) is 0 Å². The Bertz CT molecular complexity index is 578. The van der Waals surface area contributed by atoms with E-state index < -0.39 is 10.0 Å². The average Bonchev–Trinajstić information content (AvgIpc) is 2.73. The van der Waals surface area contributed by atoms with Crippen LogP contribution in [0.25, 0.3) is 0 Å². The van der Waals surface area contributed by atoms with Crippen LogP contribution in [-0.2, 0) is 21.4 Å². The number of hydrogen-bond acceptors (Lipinski definition) is 5. The van der Waals surface area contributed by atoms with Crippen molar-refractivity contribution < 1.29 is 22.7 Å². The van der Waals surface area contributed by atoms with Crippen molar-refractivity contribution in [3.63, 3.8) is 0 Å². The van der Waals surface area contributed by atoms with Crippen molar-refractivity contribution in [2.24, 2.45) is 0 Å². The molecule has 0 aliphatic carbocycles. The molecule has 1 aromatic heterocycles. The minimum Gasteiger partial charge on any atom is -0.465 e. The Balaban J connectivity index is 2.40. The van der Waals surface area contributed by atoms with Gasteiger partial charge in [-0.15, -0.1) is 0 Å². The minimum absolute atomic E-state index is 0.0793. The predicted octanol–water partition coefficient (Wildman–Crippen LogP) is 1.19. The number of nitrogens with zero attached hydrogens (tertiary/aromatic N) is 1. The van der Waals surface area contributed by atoms with E-state index in [0.29, 0.717) is 30.2 Å². The zero-order valence-corrected chi connectivity index (χ0v) is 12.9. The normalized spacial score (nSPS) is 21.3. The van der Waals surface area contributed by atoms with Crippen LogP contribution in [0.2, 0.25) is 0 Å². The van der Waals surface area contributed by atoms with Gasteiger partial charge in [0.15, 0.2) is 0 Å². The summed E-state index contributed by atoms with van der Waals surface area (Å²) in [6.45, 7) is 3.73. The van der Waals surface area contributed by atoms with Gasteiger partial charge in [0.05, 0.1) is 12.7 Å². The van der Waals surface area contributed by atoms with Gasteiger partial charge in [-0.1, -0.05) is 0 Å². The van der Waals surface area contributed by atoms with Crippen LogP contribution in [0.1, 0.15) is 29.9 Å². The van der Waals surface area contributed by atoms with Gasteiger partial charge in [0.1, 0.15) is 16.4 Å². The summed E-state index contributed by atoms with van der Waals surface area (Å²) >= 11 is 0. The van der Waals surface area contributed by atoms with Gasteiger partial charge in [-0.3, -0.25) is 0 Å². The quantitative estimate of drug-likeness (QED) is 0.903. The molecular weight excluding hydrogens is 282 g/mol. The minimum atomic E-state index is -3.66. The third-order valence-corrected chi connectivity index (χ3v) is 5.82. The SMILES string of the molecule is COC1CCCN(S(=O)(=O)c2c(C)oc(C)c2CO)C1. The van der Waals surface area contributed by atoms with Crippen molar-refractivity contribution in [3.8, 4) is 0 Å². The molecule has 2 heterocycles. The first-order valence-electron chi connectivity index (χ1n) is 6.64. The Morgan fingerprint density at radius 3 is 2.70 bits per heavy atom. The molecular formula is C13H21NO5S. The highest BCUT2D eigenvalue weighted by Crippen LogP contribution is 2.30. The van der Waals surface area contributed by atoms with Gasteiger partial charge >= 0.3 is 0 Å². The molecule has 114 valence electrons. The summed E-state index contributed by atoms with van der Waals surface area (Å²) in [4.78, 5) is 0.106. The third-order valence-electron chi connectivity index (χ3n) is 3.76. The zero-order chi connectivity index (χ0) is 14.9. The van der Waals surface area contributed by atoms with Crippen molar-refractivity contribution in [3.05, 3.63) is 17.1 Å². The highest BCUT2D eigenvalue weighted by molar-refractivity contribution is 7.89. The number of ether oxygens (including phenoxy) is 1. The molecule has 1 aliphatic rings. The molecule has 0 bridgehead atoms. The van der Waals surface area contributed by atoms with Crippen molar-refractivity contribution >= 4 is 10.0 Å². The van der Waals surface area contributed by atoms with Crippen molar-refractivity contribution in [2.45, 2.75) is 44.3 Å². The van der Waals surface area contributed by atoms with Gasteiger partial charge in [0.25, 0.3) is 0 Å². The number of hydrogen-bond donors (Lipinski definition) is 1. The number of aryl methyl sites for hydroxylation is 2. The second-order valence-corrected chi connectivity index (χ2v) is 6.92. The van der Waals surface area contributed by atoms with Crippen LogP contribution in [0, 0.1) is 13.8 Å². The summed E-state index contributed by atoms with van der Waals surface area (Å²) in [6, 6.07) is 0. The van der Waals surface area contributed by atoms with Gasteiger partial charge in [-0.25, -0.2) is 8.42 Å². The lowest BCUT2D eigenvalue weighted by atomic mass is 10.1. The second-order valence-electron chi connectivity index (χ2n) is 5.04. The molecule has 2 rings (SSSR count). The Morgan fingerprint density at radius 1 is 1.40 bits per heavy atom. The van der Waals surface area contributed by atoms with Crippen LogP contribution in [0.5, 0.6) is 0 Å². The fourth-order valence-corrected chi connectivity index (χ4v) is 4.59. The standard InChI is InChI=1S/C13H21NO5S/c1-9-12(8-15)13(10(2)19-9)20(16,17)14-6-4-5-11(7-14)18-3/h11,15H,4-8H2,1-3H3. The Hall–Kier alpha value is -0.890.